The van der Waals surface area contributed by atoms with Crippen molar-refractivity contribution in [1.29, 1.82) is 0 Å². The Bertz CT molecular complexity index is 443. The number of hydrogen-bond acceptors (Lipinski definition) is 3. The molecule has 106 valence electrons. The number of ether oxygens (including phenoxy) is 2. The lowest BCUT2D eigenvalue weighted by Crippen LogP contribution is -2.41. The molecule has 0 radical (unpaired) electrons. The number of hydrogen-bond donors (Lipinski definition) is 1. The number of amides is 1. The fourth-order valence-corrected chi connectivity index (χ4v) is 0.976. The van der Waals surface area contributed by atoms with Crippen LogP contribution in [0.4, 0.5) is 26.7 Å². The summed E-state index contributed by atoms with van der Waals surface area (Å²) in [6.45, 7) is -1.84. The van der Waals surface area contributed by atoms with Crippen molar-refractivity contribution in [2.75, 3.05) is 6.61 Å². The Hall–Kier alpha value is -2.06. The van der Waals surface area contributed by atoms with E-state index in [9.17, 15) is 26.7 Å². The summed E-state index contributed by atoms with van der Waals surface area (Å²) in [5.41, 5.74) is 4.71. The Morgan fingerprint density at radius 3 is 1.95 bits per heavy atom. The Balaban J connectivity index is 2.62. The van der Waals surface area contributed by atoms with Gasteiger partial charge in [-0.2, -0.15) is 22.0 Å². The molecule has 0 aromatic heterocycles. The van der Waals surface area contributed by atoms with E-state index in [1.807, 2.05) is 0 Å². The van der Waals surface area contributed by atoms with Crippen LogP contribution in [0.1, 0.15) is 0 Å². The molecular formula is C10H8F5NO3. The van der Waals surface area contributed by atoms with Crippen molar-refractivity contribution in [3.63, 3.8) is 0 Å². The van der Waals surface area contributed by atoms with Gasteiger partial charge in [-0.1, -0.05) is 0 Å². The van der Waals surface area contributed by atoms with Gasteiger partial charge in [0.2, 0.25) is 0 Å². The molecule has 19 heavy (non-hydrogen) atoms. The molecule has 1 aromatic rings. The molecule has 1 rings (SSSR count). The highest BCUT2D eigenvalue weighted by molar-refractivity contribution is 5.68. The third-order valence-corrected chi connectivity index (χ3v) is 1.88. The van der Waals surface area contributed by atoms with Gasteiger partial charge in [-0.15, -0.1) is 0 Å². The van der Waals surface area contributed by atoms with Crippen molar-refractivity contribution >= 4 is 6.09 Å². The average Bonchev–Trinajstić information content (AvgIpc) is 2.26. The summed E-state index contributed by atoms with van der Waals surface area (Å²) < 4.78 is 69.3. The second-order valence-corrected chi connectivity index (χ2v) is 3.38. The molecule has 4 nitrogen and oxygen atoms in total. The number of carbonyl (C=O) groups is 1. The van der Waals surface area contributed by atoms with E-state index in [0.29, 0.717) is 0 Å². The number of benzene rings is 1. The summed E-state index contributed by atoms with van der Waals surface area (Å²) in [5.74, 6) is -5.18. The maximum absolute atomic E-state index is 12.5. The number of rotatable bonds is 4. The number of primary amides is 1. The Morgan fingerprint density at radius 1 is 1.05 bits per heavy atom. The predicted molar refractivity (Wildman–Crippen MR) is 53.2 cm³/mol. The summed E-state index contributed by atoms with van der Waals surface area (Å²) >= 11 is 0. The minimum atomic E-state index is -5.68. The first kappa shape index (κ1) is 15.0. The lowest BCUT2D eigenvalue weighted by Gasteiger charge is -2.19. The first-order valence-electron chi connectivity index (χ1n) is 4.76. The molecule has 1 aromatic carbocycles. The summed E-state index contributed by atoms with van der Waals surface area (Å²) in [5, 5.41) is 0. The summed E-state index contributed by atoms with van der Waals surface area (Å²) in [4.78, 5) is 10.4. The topological polar surface area (TPSA) is 61.6 Å². The quantitative estimate of drug-likeness (QED) is 0.865. The van der Waals surface area contributed by atoms with Crippen LogP contribution in [0.3, 0.4) is 0 Å². The zero-order valence-electron chi connectivity index (χ0n) is 9.21. The van der Waals surface area contributed by atoms with Gasteiger partial charge in [-0.3, -0.25) is 0 Å². The van der Waals surface area contributed by atoms with E-state index >= 15 is 0 Å². The normalized spacial score (nSPS) is 12.1. The van der Waals surface area contributed by atoms with E-state index in [4.69, 9.17) is 5.73 Å². The molecule has 1 amide bonds. The van der Waals surface area contributed by atoms with Crippen molar-refractivity contribution in [2.45, 2.75) is 12.1 Å². The third-order valence-electron chi connectivity index (χ3n) is 1.88. The van der Waals surface area contributed by atoms with Crippen molar-refractivity contribution in [3.05, 3.63) is 24.3 Å². The first-order valence-corrected chi connectivity index (χ1v) is 4.76. The summed E-state index contributed by atoms with van der Waals surface area (Å²) in [6.07, 6.45) is -6.76. The third kappa shape index (κ3) is 4.27. The van der Waals surface area contributed by atoms with Crippen LogP contribution in [0.5, 0.6) is 11.5 Å². The zero-order chi connectivity index (χ0) is 14.7. The fourth-order valence-electron chi connectivity index (χ4n) is 0.976. The first-order chi connectivity index (χ1) is 8.62. The van der Waals surface area contributed by atoms with E-state index in [0.717, 1.165) is 24.3 Å². The SMILES string of the molecule is NC(=O)Oc1ccc(OCC(F)(F)C(F)(F)F)cc1. The second kappa shape index (κ2) is 5.29. The summed E-state index contributed by atoms with van der Waals surface area (Å²) in [6, 6.07) is 4.38. The fraction of sp³-hybridized carbons (Fsp3) is 0.300. The van der Waals surface area contributed by atoms with E-state index in [1.54, 1.807) is 0 Å². The standard InChI is InChI=1S/C10H8F5NO3/c11-9(12,10(13,14)15)5-18-6-1-3-7(4-2-6)19-8(16)17/h1-4H,5H2,(H2,16,17). The molecule has 0 aliphatic carbocycles. The van der Waals surface area contributed by atoms with Gasteiger partial charge < -0.3 is 15.2 Å². The number of halogens is 5. The van der Waals surface area contributed by atoms with E-state index in [-0.39, 0.29) is 11.5 Å². The number of carbonyl (C=O) groups excluding carboxylic acids is 1. The van der Waals surface area contributed by atoms with E-state index in [2.05, 4.69) is 9.47 Å². The van der Waals surface area contributed by atoms with Gasteiger partial charge in [-0.25, -0.2) is 4.79 Å². The Morgan fingerprint density at radius 2 is 1.53 bits per heavy atom. The van der Waals surface area contributed by atoms with Gasteiger partial charge in [-0.05, 0) is 24.3 Å². The lowest BCUT2D eigenvalue weighted by atomic mass is 10.3. The minimum Gasteiger partial charge on any atom is -0.487 e. The largest absolute Gasteiger partial charge is 0.487 e. The predicted octanol–water partition coefficient (Wildman–Crippen LogP) is 2.72. The molecule has 0 saturated heterocycles. The Kier molecular flexibility index (Phi) is 4.17. The van der Waals surface area contributed by atoms with Gasteiger partial charge >= 0.3 is 18.2 Å². The van der Waals surface area contributed by atoms with Gasteiger partial charge in [0.1, 0.15) is 11.5 Å². The molecule has 0 spiro atoms. The van der Waals surface area contributed by atoms with Gasteiger partial charge in [0.15, 0.2) is 6.61 Å². The van der Waals surface area contributed by atoms with Crippen LogP contribution in [0, 0.1) is 0 Å². The molecule has 0 fully saturated rings. The molecule has 0 heterocycles. The highest BCUT2D eigenvalue weighted by Gasteiger charge is 2.58. The number of nitrogens with two attached hydrogens (primary N) is 1. The van der Waals surface area contributed by atoms with Crippen LogP contribution in [0.15, 0.2) is 24.3 Å². The molecule has 2 N–H and O–H groups in total. The zero-order valence-corrected chi connectivity index (χ0v) is 9.21. The Labute approximate surface area is 103 Å². The molecule has 9 heteroatoms. The second-order valence-electron chi connectivity index (χ2n) is 3.38. The molecule has 0 saturated carbocycles. The monoisotopic (exact) mass is 285 g/mol. The van der Waals surface area contributed by atoms with Crippen LogP contribution >= 0.6 is 0 Å². The molecular weight excluding hydrogens is 277 g/mol. The molecule has 0 unspecified atom stereocenters. The van der Waals surface area contributed by atoms with E-state index in [1.165, 1.54) is 0 Å². The van der Waals surface area contributed by atoms with Crippen LogP contribution in [0.2, 0.25) is 0 Å². The van der Waals surface area contributed by atoms with Gasteiger partial charge in [0.05, 0.1) is 0 Å². The maximum atomic E-state index is 12.5. The smallest absolute Gasteiger partial charge is 0.456 e. The van der Waals surface area contributed by atoms with Crippen molar-refractivity contribution in [3.8, 4) is 11.5 Å². The highest BCUT2D eigenvalue weighted by atomic mass is 19.4. The van der Waals surface area contributed by atoms with E-state index < -0.39 is 24.8 Å². The van der Waals surface area contributed by atoms with Crippen molar-refractivity contribution in [1.82, 2.24) is 0 Å². The average molecular weight is 285 g/mol. The molecule has 0 aliphatic heterocycles. The molecule has 0 atom stereocenters. The van der Waals surface area contributed by atoms with Crippen LogP contribution in [-0.4, -0.2) is 24.8 Å². The molecule has 0 bridgehead atoms. The minimum absolute atomic E-state index is 0.00225. The highest BCUT2D eigenvalue weighted by Crippen LogP contribution is 2.35. The number of alkyl halides is 5. The molecule has 0 aliphatic rings. The van der Waals surface area contributed by atoms with Crippen LogP contribution < -0.4 is 15.2 Å². The van der Waals surface area contributed by atoms with Crippen LogP contribution in [-0.2, 0) is 0 Å². The van der Waals surface area contributed by atoms with Crippen molar-refractivity contribution in [2.24, 2.45) is 5.73 Å². The van der Waals surface area contributed by atoms with Gasteiger partial charge in [0.25, 0.3) is 0 Å². The van der Waals surface area contributed by atoms with Crippen molar-refractivity contribution < 1.29 is 36.2 Å². The lowest BCUT2D eigenvalue weighted by molar-refractivity contribution is -0.290. The van der Waals surface area contributed by atoms with Crippen LogP contribution in [0.25, 0.3) is 0 Å². The van der Waals surface area contributed by atoms with Gasteiger partial charge in [0, 0.05) is 0 Å². The summed E-state index contributed by atoms with van der Waals surface area (Å²) in [7, 11) is 0. The maximum Gasteiger partial charge on any atom is 0.456 e.